The maximum absolute atomic E-state index is 9.70. The third-order valence-electron chi connectivity index (χ3n) is 3.67. The Labute approximate surface area is 102 Å². The van der Waals surface area contributed by atoms with Gasteiger partial charge in [0.15, 0.2) is 0 Å². The summed E-state index contributed by atoms with van der Waals surface area (Å²) in [4.78, 5) is 4.23. The van der Waals surface area contributed by atoms with Crippen LogP contribution in [0.5, 0.6) is 0 Å². The Hall–Kier alpha value is -1.29. The van der Waals surface area contributed by atoms with Gasteiger partial charge in [0.05, 0.1) is 6.10 Å². The van der Waals surface area contributed by atoms with Crippen LogP contribution in [0.25, 0.3) is 0 Å². The van der Waals surface area contributed by atoms with Crippen molar-refractivity contribution in [2.75, 3.05) is 17.2 Å². The summed E-state index contributed by atoms with van der Waals surface area (Å²) in [6.07, 6.45) is 2.41. The number of nitrogens with one attached hydrogen (secondary N) is 2. The first-order valence-electron chi connectivity index (χ1n) is 6.18. The highest BCUT2D eigenvalue weighted by atomic mass is 16.3. The molecule has 94 valence electrons. The molecule has 1 aromatic rings. The summed E-state index contributed by atoms with van der Waals surface area (Å²) in [7, 11) is 0. The Kier molecular flexibility index (Phi) is 3.24. The second kappa shape index (κ2) is 4.53. The van der Waals surface area contributed by atoms with Crippen molar-refractivity contribution in [2.45, 2.75) is 39.3 Å². The highest BCUT2D eigenvalue weighted by molar-refractivity contribution is 5.53. The summed E-state index contributed by atoms with van der Waals surface area (Å²) in [5.41, 5.74) is 1.00. The summed E-state index contributed by atoms with van der Waals surface area (Å²) < 4.78 is 0. The monoisotopic (exact) mass is 235 g/mol. The molecule has 1 fully saturated rings. The first-order chi connectivity index (χ1) is 8.04. The normalized spacial score (nSPS) is 26.1. The lowest BCUT2D eigenvalue weighted by Crippen LogP contribution is -2.56. The van der Waals surface area contributed by atoms with Gasteiger partial charge >= 0.3 is 0 Å². The summed E-state index contributed by atoms with van der Waals surface area (Å²) in [6, 6.07) is 4.29. The maximum atomic E-state index is 9.70. The van der Waals surface area contributed by atoms with Crippen LogP contribution in [0.15, 0.2) is 18.3 Å². The molecule has 2 unspecified atom stereocenters. The molecule has 1 aromatic heterocycles. The van der Waals surface area contributed by atoms with Crippen molar-refractivity contribution in [1.29, 1.82) is 0 Å². The van der Waals surface area contributed by atoms with Crippen molar-refractivity contribution in [3.05, 3.63) is 18.3 Å². The number of aromatic nitrogens is 1. The smallest absolute Gasteiger partial charge is 0.127 e. The highest BCUT2D eigenvalue weighted by Gasteiger charge is 2.47. The van der Waals surface area contributed by atoms with Gasteiger partial charge in [0.1, 0.15) is 5.82 Å². The van der Waals surface area contributed by atoms with Crippen LogP contribution >= 0.6 is 0 Å². The number of aliphatic hydroxyl groups excluding tert-OH is 1. The molecule has 0 spiro atoms. The first kappa shape index (κ1) is 12.2. The van der Waals surface area contributed by atoms with Crippen LogP contribution in [0.4, 0.5) is 11.5 Å². The summed E-state index contributed by atoms with van der Waals surface area (Å²) >= 11 is 0. The zero-order valence-electron chi connectivity index (χ0n) is 10.7. The zero-order valence-corrected chi connectivity index (χ0v) is 10.7. The number of hydrogen-bond acceptors (Lipinski definition) is 4. The van der Waals surface area contributed by atoms with Crippen molar-refractivity contribution in [3.63, 3.8) is 0 Å². The molecular weight excluding hydrogens is 214 g/mol. The molecule has 2 rings (SSSR count). The van der Waals surface area contributed by atoms with E-state index in [4.69, 9.17) is 0 Å². The Morgan fingerprint density at radius 2 is 2.29 bits per heavy atom. The van der Waals surface area contributed by atoms with Gasteiger partial charge in [-0.1, -0.05) is 13.8 Å². The summed E-state index contributed by atoms with van der Waals surface area (Å²) in [6.45, 7) is 7.09. The maximum Gasteiger partial charge on any atom is 0.127 e. The number of hydrogen-bond donors (Lipinski definition) is 3. The molecule has 0 saturated heterocycles. The lowest BCUT2D eigenvalue weighted by Gasteiger charge is -2.49. The standard InChI is InChI=1S/C13H21N3O/c1-4-14-12-7-9(5-6-15-12)16-10-8-11(17)13(10,2)3/h5-7,10-11,17H,4,8H2,1-3H3,(H2,14,15,16). The van der Waals surface area contributed by atoms with Gasteiger partial charge < -0.3 is 15.7 Å². The second-order valence-corrected chi connectivity index (χ2v) is 5.23. The molecule has 1 saturated carbocycles. The van der Waals surface area contributed by atoms with Crippen LogP contribution in [0.3, 0.4) is 0 Å². The Balaban J connectivity index is 2.02. The molecule has 0 bridgehead atoms. The van der Waals surface area contributed by atoms with Gasteiger partial charge in [-0.05, 0) is 19.4 Å². The number of pyridine rings is 1. The van der Waals surface area contributed by atoms with Crippen LogP contribution < -0.4 is 10.6 Å². The van der Waals surface area contributed by atoms with Gasteiger partial charge in [-0.15, -0.1) is 0 Å². The second-order valence-electron chi connectivity index (χ2n) is 5.23. The Morgan fingerprint density at radius 3 is 2.88 bits per heavy atom. The number of nitrogens with zero attached hydrogens (tertiary/aromatic N) is 1. The predicted octanol–water partition coefficient (Wildman–Crippen LogP) is 2.08. The lowest BCUT2D eigenvalue weighted by atomic mass is 9.64. The van der Waals surface area contributed by atoms with Crippen LogP contribution in [-0.2, 0) is 0 Å². The molecule has 0 aromatic carbocycles. The van der Waals surface area contributed by atoms with Crippen molar-refractivity contribution >= 4 is 11.5 Å². The van der Waals surface area contributed by atoms with E-state index in [0.717, 1.165) is 24.5 Å². The fourth-order valence-electron chi connectivity index (χ4n) is 2.15. The van der Waals surface area contributed by atoms with E-state index in [-0.39, 0.29) is 11.5 Å². The van der Waals surface area contributed by atoms with Gasteiger partial charge in [0, 0.05) is 36.0 Å². The van der Waals surface area contributed by atoms with Crippen molar-refractivity contribution < 1.29 is 5.11 Å². The van der Waals surface area contributed by atoms with E-state index in [9.17, 15) is 5.11 Å². The minimum absolute atomic E-state index is 0.0540. The molecule has 17 heavy (non-hydrogen) atoms. The minimum Gasteiger partial charge on any atom is -0.392 e. The first-order valence-corrected chi connectivity index (χ1v) is 6.18. The minimum atomic E-state index is -0.199. The molecule has 2 atom stereocenters. The highest BCUT2D eigenvalue weighted by Crippen LogP contribution is 2.42. The average molecular weight is 235 g/mol. The number of anilines is 2. The molecule has 0 amide bonds. The molecule has 4 heteroatoms. The molecule has 0 radical (unpaired) electrons. The van der Waals surface area contributed by atoms with E-state index in [1.165, 1.54) is 0 Å². The molecular formula is C13H21N3O. The van der Waals surface area contributed by atoms with E-state index in [0.29, 0.717) is 6.04 Å². The molecule has 0 aliphatic heterocycles. The van der Waals surface area contributed by atoms with Crippen LogP contribution in [0, 0.1) is 5.41 Å². The Bertz CT molecular complexity index is 392. The fourth-order valence-corrected chi connectivity index (χ4v) is 2.15. The van der Waals surface area contributed by atoms with Gasteiger partial charge in [-0.2, -0.15) is 0 Å². The third kappa shape index (κ3) is 2.36. The van der Waals surface area contributed by atoms with Crippen LogP contribution in [-0.4, -0.2) is 28.8 Å². The summed E-state index contributed by atoms with van der Waals surface area (Å²) in [5, 5.41) is 16.3. The van der Waals surface area contributed by atoms with Crippen LogP contribution in [0.1, 0.15) is 27.2 Å². The van der Waals surface area contributed by atoms with Crippen molar-refractivity contribution in [1.82, 2.24) is 4.98 Å². The molecule has 3 N–H and O–H groups in total. The average Bonchev–Trinajstić information content (AvgIpc) is 2.30. The quantitative estimate of drug-likeness (QED) is 0.748. The predicted molar refractivity (Wildman–Crippen MR) is 70.2 cm³/mol. The molecule has 4 nitrogen and oxygen atoms in total. The number of aliphatic hydroxyl groups is 1. The lowest BCUT2D eigenvalue weighted by molar-refractivity contribution is -0.0510. The van der Waals surface area contributed by atoms with E-state index in [2.05, 4.69) is 29.5 Å². The zero-order chi connectivity index (χ0) is 12.5. The van der Waals surface area contributed by atoms with Gasteiger partial charge in [0.2, 0.25) is 0 Å². The SMILES string of the molecule is CCNc1cc(NC2CC(O)C2(C)C)ccn1. The van der Waals surface area contributed by atoms with E-state index >= 15 is 0 Å². The van der Waals surface area contributed by atoms with E-state index in [1.54, 1.807) is 6.20 Å². The van der Waals surface area contributed by atoms with Gasteiger partial charge in [0.25, 0.3) is 0 Å². The third-order valence-corrected chi connectivity index (χ3v) is 3.67. The topological polar surface area (TPSA) is 57.2 Å². The van der Waals surface area contributed by atoms with E-state index < -0.39 is 0 Å². The van der Waals surface area contributed by atoms with E-state index in [1.807, 2.05) is 19.1 Å². The fraction of sp³-hybridized carbons (Fsp3) is 0.615. The number of rotatable bonds is 4. The van der Waals surface area contributed by atoms with Crippen molar-refractivity contribution in [2.24, 2.45) is 5.41 Å². The van der Waals surface area contributed by atoms with Gasteiger partial charge in [-0.25, -0.2) is 4.98 Å². The summed E-state index contributed by atoms with van der Waals surface area (Å²) in [5.74, 6) is 0.884. The van der Waals surface area contributed by atoms with Crippen LogP contribution in [0.2, 0.25) is 0 Å². The van der Waals surface area contributed by atoms with Gasteiger partial charge in [-0.3, -0.25) is 0 Å². The molecule has 1 aliphatic carbocycles. The Morgan fingerprint density at radius 1 is 1.53 bits per heavy atom. The molecule has 1 heterocycles. The van der Waals surface area contributed by atoms with Crippen molar-refractivity contribution in [3.8, 4) is 0 Å². The molecule has 1 aliphatic rings. The largest absolute Gasteiger partial charge is 0.392 e.